The van der Waals surface area contributed by atoms with E-state index in [9.17, 15) is 9.59 Å². The maximum absolute atomic E-state index is 13.3. The molecule has 2 amide bonds. The van der Waals surface area contributed by atoms with Gasteiger partial charge in [-0.05, 0) is 37.3 Å². The van der Waals surface area contributed by atoms with Gasteiger partial charge in [0.15, 0.2) is 0 Å². The molecule has 33 heavy (non-hydrogen) atoms. The summed E-state index contributed by atoms with van der Waals surface area (Å²) >= 11 is 0. The first-order valence-electron chi connectivity index (χ1n) is 11.3. The topological polar surface area (TPSA) is 120 Å². The first-order valence-corrected chi connectivity index (χ1v) is 11.3. The summed E-state index contributed by atoms with van der Waals surface area (Å²) < 4.78 is 3.27. The van der Waals surface area contributed by atoms with Gasteiger partial charge in [-0.3, -0.25) is 24.3 Å². The van der Waals surface area contributed by atoms with Crippen LogP contribution in [0.15, 0.2) is 30.9 Å². The highest BCUT2D eigenvalue weighted by molar-refractivity contribution is 6.00. The van der Waals surface area contributed by atoms with Crippen molar-refractivity contribution in [1.82, 2.24) is 34.8 Å². The quantitative estimate of drug-likeness (QED) is 0.557. The van der Waals surface area contributed by atoms with E-state index in [1.807, 2.05) is 14.0 Å². The van der Waals surface area contributed by atoms with Crippen molar-refractivity contribution in [3.05, 3.63) is 42.1 Å². The third-order valence-corrected chi connectivity index (χ3v) is 6.28. The van der Waals surface area contributed by atoms with Crippen LogP contribution in [0.4, 0.5) is 5.95 Å². The second-order valence-corrected chi connectivity index (χ2v) is 8.63. The van der Waals surface area contributed by atoms with Gasteiger partial charge in [0.25, 0.3) is 5.91 Å². The zero-order valence-electron chi connectivity index (χ0n) is 19.3. The summed E-state index contributed by atoms with van der Waals surface area (Å²) in [5, 5.41) is 14.1. The van der Waals surface area contributed by atoms with Crippen LogP contribution < -0.4 is 10.6 Å². The molecule has 0 unspecified atom stereocenters. The average molecular weight is 451 g/mol. The van der Waals surface area contributed by atoms with Gasteiger partial charge in [-0.2, -0.15) is 10.2 Å². The molecule has 0 radical (unpaired) electrons. The molecule has 174 valence electrons. The van der Waals surface area contributed by atoms with Crippen molar-refractivity contribution < 1.29 is 9.59 Å². The van der Waals surface area contributed by atoms with Crippen LogP contribution in [0.2, 0.25) is 0 Å². The monoisotopic (exact) mass is 450 g/mol. The number of nitrogens with one attached hydrogen (secondary N) is 2. The summed E-state index contributed by atoms with van der Waals surface area (Å²) in [4.78, 5) is 34.8. The molecule has 0 saturated heterocycles. The third kappa shape index (κ3) is 5.10. The molecule has 10 nitrogen and oxygen atoms in total. The molecule has 2 N–H and O–H groups in total. The van der Waals surface area contributed by atoms with Gasteiger partial charge in [0.05, 0.1) is 11.9 Å². The Bertz CT molecular complexity index is 1090. The molecular formula is C23H30N8O2. The van der Waals surface area contributed by atoms with Crippen LogP contribution in [-0.4, -0.2) is 47.4 Å². The molecule has 1 aliphatic carbocycles. The lowest BCUT2D eigenvalue weighted by atomic mass is 9.91. The number of hydrogen-bond donors (Lipinski definition) is 2. The molecule has 3 aromatic heterocycles. The van der Waals surface area contributed by atoms with Crippen molar-refractivity contribution in [2.75, 3.05) is 5.32 Å². The van der Waals surface area contributed by atoms with E-state index in [0.29, 0.717) is 5.69 Å². The summed E-state index contributed by atoms with van der Waals surface area (Å²) in [5.41, 5.74) is 3.17. The molecule has 1 aliphatic rings. The number of hydrogen-bond acceptors (Lipinski definition) is 6. The summed E-state index contributed by atoms with van der Waals surface area (Å²) in [6.07, 6.45) is 12.9. The minimum absolute atomic E-state index is 0.0565. The van der Waals surface area contributed by atoms with Crippen molar-refractivity contribution in [2.24, 2.45) is 20.0 Å². The van der Waals surface area contributed by atoms with Crippen molar-refractivity contribution >= 4 is 17.8 Å². The van der Waals surface area contributed by atoms with Crippen LogP contribution in [0.3, 0.4) is 0 Å². The van der Waals surface area contributed by atoms with Crippen molar-refractivity contribution in [3.63, 3.8) is 0 Å². The van der Waals surface area contributed by atoms with Gasteiger partial charge in [-0.25, -0.2) is 9.97 Å². The number of anilines is 1. The highest BCUT2D eigenvalue weighted by atomic mass is 16.2. The predicted octanol–water partition coefficient (Wildman–Crippen LogP) is 2.63. The van der Waals surface area contributed by atoms with Crippen LogP contribution in [0.5, 0.6) is 0 Å². The lowest BCUT2D eigenvalue weighted by molar-refractivity contribution is -0.119. The number of nitrogens with zero attached hydrogens (tertiary/aromatic N) is 6. The van der Waals surface area contributed by atoms with Gasteiger partial charge in [-0.15, -0.1) is 0 Å². The molecule has 1 saturated carbocycles. The summed E-state index contributed by atoms with van der Waals surface area (Å²) in [7, 11) is 3.56. The number of amides is 2. The minimum Gasteiger partial charge on any atom is -0.339 e. The summed E-state index contributed by atoms with van der Waals surface area (Å²) in [5.74, 6) is -0.359. The highest BCUT2D eigenvalue weighted by Gasteiger charge is 2.31. The fraction of sp³-hybridized carbons (Fsp3) is 0.478. The van der Waals surface area contributed by atoms with E-state index < -0.39 is 6.04 Å². The Hall–Kier alpha value is -3.56. The Morgan fingerprint density at radius 1 is 1.00 bits per heavy atom. The van der Waals surface area contributed by atoms with E-state index in [1.165, 1.54) is 4.68 Å². The zero-order chi connectivity index (χ0) is 23.4. The second-order valence-electron chi connectivity index (χ2n) is 8.63. The van der Waals surface area contributed by atoms with Crippen molar-refractivity contribution in [3.8, 4) is 11.3 Å². The molecule has 1 fully saturated rings. The molecule has 0 bridgehead atoms. The number of aromatic nitrogens is 6. The van der Waals surface area contributed by atoms with Crippen molar-refractivity contribution in [1.29, 1.82) is 0 Å². The third-order valence-electron chi connectivity index (χ3n) is 6.28. The molecular weight excluding hydrogens is 420 g/mol. The average Bonchev–Trinajstić information content (AvgIpc) is 3.26. The van der Waals surface area contributed by atoms with E-state index >= 15 is 0 Å². The van der Waals surface area contributed by atoms with Gasteiger partial charge in [0.2, 0.25) is 11.9 Å². The fourth-order valence-corrected chi connectivity index (χ4v) is 4.52. The first-order chi connectivity index (χ1) is 15.9. The Balaban J connectivity index is 1.52. The van der Waals surface area contributed by atoms with Gasteiger partial charge >= 0.3 is 0 Å². The van der Waals surface area contributed by atoms with Gasteiger partial charge < -0.3 is 5.32 Å². The van der Waals surface area contributed by atoms with Crippen LogP contribution in [0, 0.1) is 12.8 Å². The van der Waals surface area contributed by atoms with Gasteiger partial charge in [-0.1, -0.05) is 25.7 Å². The molecule has 3 heterocycles. The number of rotatable bonds is 6. The second kappa shape index (κ2) is 9.93. The molecule has 3 aromatic rings. The largest absolute Gasteiger partial charge is 0.339 e. The zero-order valence-corrected chi connectivity index (χ0v) is 19.3. The van der Waals surface area contributed by atoms with E-state index in [1.54, 1.807) is 42.6 Å². The van der Waals surface area contributed by atoms with E-state index in [2.05, 4.69) is 30.8 Å². The maximum atomic E-state index is 13.3. The lowest BCUT2D eigenvalue weighted by Gasteiger charge is -2.26. The Labute approximate surface area is 192 Å². The number of carbonyl (C=O) groups is 2. The Morgan fingerprint density at radius 2 is 1.70 bits per heavy atom. The molecule has 1 atom stereocenters. The molecule has 0 spiro atoms. The Morgan fingerprint density at radius 3 is 2.27 bits per heavy atom. The molecule has 0 aliphatic heterocycles. The lowest BCUT2D eigenvalue weighted by Crippen LogP contribution is -2.49. The first kappa shape index (κ1) is 22.6. The van der Waals surface area contributed by atoms with Crippen LogP contribution in [0.1, 0.15) is 54.6 Å². The maximum Gasteiger partial charge on any atom is 0.270 e. The van der Waals surface area contributed by atoms with Gasteiger partial charge in [0.1, 0.15) is 11.7 Å². The highest BCUT2D eigenvalue weighted by Crippen LogP contribution is 2.27. The number of carbonyl (C=O) groups excluding carboxylic acids is 2. The normalized spacial score (nSPS) is 15.6. The molecule has 0 aromatic carbocycles. The Kier molecular flexibility index (Phi) is 6.81. The summed E-state index contributed by atoms with van der Waals surface area (Å²) in [6.45, 7) is 1.97. The summed E-state index contributed by atoms with van der Waals surface area (Å²) in [6, 6.07) is 0.965. The predicted molar refractivity (Wildman–Crippen MR) is 123 cm³/mol. The van der Waals surface area contributed by atoms with Gasteiger partial charge in [0, 0.05) is 38.2 Å². The van der Waals surface area contributed by atoms with E-state index in [4.69, 9.17) is 0 Å². The smallest absolute Gasteiger partial charge is 0.270 e. The molecule has 10 heteroatoms. The number of aryl methyl sites for hydroxylation is 3. The van der Waals surface area contributed by atoms with Crippen LogP contribution in [-0.2, 0) is 18.9 Å². The van der Waals surface area contributed by atoms with Crippen LogP contribution >= 0.6 is 0 Å². The van der Waals surface area contributed by atoms with E-state index in [-0.39, 0.29) is 23.7 Å². The molecule has 4 rings (SSSR count). The SMILES string of the molecule is Cc1cnn(C)c1-c1cnc(NC(=O)[C@@H](NC(=O)c2ccnn2C)C2CCCCCC2)nc1. The van der Waals surface area contributed by atoms with Crippen LogP contribution in [0.25, 0.3) is 11.3 Å². The fourth-order valence-electron chi connectivity index (χ4n) is 4.52. The minimum atomic E-state index is -0.673. The van der Waals surface area contributed by atoms with E-state index in [0.717, 1.165) is 55.3 Å². The van der Waals surface area contributed by atoms with Crippen molar-refractivity contribution in [2.45, 2.75) is 51.5 Å². The standard InChI is InChI=1S/C23H30N8O2/c1-15-12-27-31(3)20(15)17-13-24-23(25-14-17)29-22(33)19(16-8-6-4-5-7-9-16)28-21(32)18-10-11-26-30(18)2/h10-14,16,19H,4-9H2,1-3H3,(H,28,32)(H,24,25,29,33)/t19-/m0/s1.